The van der Waals surface area contributed by atoms with Gasteiger partial charge in [-0.2, -0.15) is 0 Å². The van der Waals surface area contributed by atoms with E-state index in [9.17, 15) is 18.0 Å². The van der Waals surface area contributed by atoms with E-state index in [-0.39, 0.29) is 29.1 Å². The highest BCUT2D eigenvalue weighted by atomic mass is 32.2. The van der Waals surface area contributed by atoms with Crippen LogP contribution in [0.5, 0.6) is 11.5 Å². The summed E-state index contributed by atoms with van der Waals surface area (Å²) in [4.78, 5) is 28.9. The summed E-state index contributed by atoms with van der Waals surface area (Å²) in [5, 5.41) is 3.09. The van der Waals surface area contributed by atoms with E-state index in [1.54, 1.807) is 31.2 Å². The molecule has 3 aromatic carbocycles. The molecule has 0 aliphatic heterocycles. The van der Waals surface area contributed by atoms with Crippen molar-refractivity contribution in [2.45, 2.75) is 70.0 Å². The molecule has 1 aliphatic carbocycles. The normalized spacial score (nSPS) is 14.2. The lowest BCUT2D eigenvalue weighted by Gasteiger charge is -2.32. The molecule has 230 valence electrons. The number of ether oxygens (including phenoxy) is 2. The predicted octanol–water partition coefficient (Wildman–Crippen LogP) is 4.99. The number of anilines is 1. The number of methoxy groups -OCH3 is 2. The number of nitrogens with zero attached hydrogens (tertiary/aromatic N) is 2. The van der Waals surface area contributed by atoms with Crippen molar-refractivity contribution < 1.29 is 27.5 Å². The molecule has 3 aromatic rings. The number of hydrogen-bond donors (Lipinski definition) is 1. The van der Waals surface area contributed by atoms with E-state index in [1.165, 1.54) is 37.3 Å². The van der Waals surface area contributed by atoms with Crippen molar-refractivity contribution in [3.8, 4) is 11.5 Å². The molecule has 43 heavy (non-hydrogen) atoms. The van der Waals surface area contributed by atoms with Crippen molar-refractivity contribution in [2.24, 2.45) is 0 Å². The third kappa shape index (κ3) is 7.67. The Balaban J connectivity index is 1.71. The van der Waals surface area contributed by atoms with Crippen LogP contribution in [-0.2, 0) is 26.2 Å². The second-order valence-corrected chi connectivity index (χ2v) is 12.9. The number of benzene rings is 3. The summed E-state index contributed by atoms with van der Waals surface area (Å²) in [5.41, 5.74) is 3.17. The number of amides is 2. The van der Waals surface area contributed by atoms with Gasteiger partial charge in [0.2, 0.25) is 11.8 Å². The van der Waals surface area contributed by atoms with E-state index in [2.05, 4.69) is 5.32 Å². The highest BCUT2D eigenvalue weighted by Crippen LogP contribution is 2.32. The van der Waals surface area contributed by atoms with Gasteiger partial charge in [-0.1, -0.05) is 60.4 Å². The number of rotatable bonds is 12. The minimum Gasteiger partial charge on any atom is -0.493 e. The molecule has 0 heterocycles. The van der Waals surface area contributed by atoms with Gasteiger partial charge >= 0.3 is 0 Å². The second-order valence-electron chi connectivity index (χ2n) is 11.0. The second kappa shape index (κ2) is 13.9. The van der Waals surface area contributed by atoms with Crippen LogP contribution in [0.3, 0.4) is 0 Å². The van der Waals surface area contributed by atoms with E-state index in [4.69, 9.17) is 9.47 Å². The van der Waals surface area contributed by atoms with Crippen LogP contribution in [-0.4, -0.2) is 58.0 Å². The molecule has 0 aromatic heterocycles. The standard InChI is InChI=1S/C33H41N3O6S/c1-23-10-14-26(15-11-23)21-35(25(3)33(38)34-27-8-6-7-9-27)32(37)22-36(28-16-12-24(2)13-17-28)43(39,40)29-18-19-30(41-4)31(20-29)42-5/h10-20,25,27H,6-9,21-22H2,1-5H3,(H,34,38). The first-order valence-electron chi connectivity index (χ1n) is 14.5. The molecule has 0 bridgehead atoms. The summed E-state index contributed by atoms with van der Waals surface area (Å²) >= 11 is 0. The predicted molar refractivity (Wildman–Crippen MR) is 167 cm³/mol. The Morgan fingerprint density at radius 1 is 0.884 bits per heavy atom. The topological polar surface area (TPSA) is 105 Å². The van der Waals surface area contributed by atoms with Crippen molar-refractivity contribution >= 4 is 27.5 Å². The summed E-state index contributed by atoms with van der Waals surface area (Å²) in [6.45, 7) is 5.21. The van der Waals surface area contributed by atoms with Crippen molar-refractivity contribution in [1.82, 2.24) is 10.2 Å². The van der Waals surface area contributed by atoms with Gasteiger partial charge in [0.25, 0.3) is 10.0 Å². The average molecular weight is 608 g/mol. The van der Waals surface area contributed by atoms with Crippen molar-refractivity contribution in [2.75, 3.05) is 25.1 Å². The van der Waals surface area contributed by atoms with E-state index >= 15 is 0 Å². The molecule has 4 rings (SSSR count). The number of aryl methyl sites for hydroxylation is 2. The minimum atomic E-state index is -4.25. The Labute approximate surface area is 254 Å². The van der Waals surface area contributed by atoms with E-state index in [0.29, 0.717) is 11.4 Å². The lowest BCUT2D eigenvalue weighted by molar-refractivity contribution is -0.139. The van der Waals surface area contributed by atoms with Gasteiger partial charge in [-0.05, 0) is 63.4 Å². The van der Waals surface area contributed by atoms with Crippen LogP contribution in [0, 0.1) is 13.8 Å². The Kier molecular flexibility index (Phi) is 10.3. The highest BCUT2D eigenvalue weighted by Gasteiger charge is 2.33. The largest absolute Gasteiger partial charge is 0.493 e. The number of hydrogen-bond acceptors (Lipinski definition) is 6. The van der Waals surface area contributed by atoms with Gasteiger partial charge in [0, 0.05) is 18.7 Å². The fourth-order valence-corrected chi connectivity index (χ4v) is 6.64. The lowest BCUT2D eigenvalue weighted by atomic mass is 10.1. The Morgan fingerprint density at radius 3 is 2.05 bits per heavy atom. The van der Waals surface area contributed by atoms with Gasteiger partial charge in [-0.25, -0.2) is 8.42 Å². The maximum absolute atomic E-state index is 14.2. The molecule has 0 spiro atoms. The quantitative estimate of drug-likeness (QED) is 0.311. The summed E-state index contributed by atoms with van der Waals surface area (Å²) in [6.07, 6.45) is 3.94. The van der Waals surface area contributed by atoms with Crippen LogP contribution in [0.2, 0.25) is 0 Å². The summed E-state index contributed by atoms with van der Waals surface area (Å²) < 4.78 is 40.0. The number of carbonyl (C=O) groups excluding carboxylic acids is 2. The van der Waals surface area contributed by atoms with Crippen LogP contribution in [0.1, 0.15) is 49.3 Å². The number of carbonyl (C=O) groups is 2. The maximum Gasteiger partial charge on any atom is 0.264 e. The zero-order valence-corrected chi connectivity index (χ0v) is 26.3. The fraction of sp³-hybridized carbons (Fsp3) is 0.394. The molecule has 1 fully saturated rings. The first-order valence-corrected chi connectivity index (χ1v) is 15.9. The van der Waals surface area contributed by atoms with Crippen LogP contribution in [0.25, 0.3) is 0 Å². The molecule has 1 N–H and O–H groups in total. The molecule has 1 unspecified atom stereocenters. The van der Waals surface area contributed by atoms with Crippen LogP contribution in [0.4, 0.5) is 5.69 Å². The number of nitrogens with one attached hydrogen (secondary N) is 1. The minimum absolute atomic E-state index is 0.0596. The molecular weight excluding hydrogens is 566 g/mol. The third-order valence-corrected chi connectivity index (χ3v) is 9.66. The smallest absolute Gasteiger partial charge is 0.264 e. The molecule has 1 saturated carbocycles. The van der Waals surface area contributed by atoms with Crippen LogP contribution < -0.4 is 19.1 Å². The van der Waals surface area contributed by atoms with Crippen molar-refractivity contribution in [3.05, 3.63) is 83.4 Å². The molecule has 0 radical (unpaired) electrons. The molecule has 1 aliphatic rings. The van der Waals surface area contributed by atoms with E-state index in [1.807, 2.05) is 38.1 Å². The van der Waals surface area contributed by atoms with Gasteiger partial charge < -0.3 is 19.7 Å². The third-order valence-electron chi connectivity index (χ3n) is 7.89. The van der Waals surface area contributed by atoms with E-state index in [0.717, 1.165) is 46.7 Å². The van der Waals surface area contributed by atoms with Crippen molar-refractivity contribution in [3.63, 3.8) is 0 Å². The monoisotopic (exact) mass is 607 g/mol. The zero-order valence-electron chi connectivity index (χ0n) is 25.5. The van der Waals surface area contributed by atoms with Gasteiger partial charge in [-0.3, -0.25) is 13.9 Å². The average Bonchev–Trinajstić information content (AvgIpc) is 3.52. The summed E-state index contributed by atoms with van der Waals surface area (Å²) in [7, 11) is -1.35. The summed E-state index contributed by atoms with van der Waals surface area (Å²) in [5.74, 6) is -0.126. The Bertz CT molecular complexity index is 1520. The Hall–Kier alpha value is -4.05. The van der Waals surface area contributed by atoms with Gasteiger partial charge in [0.15, 0.2) is 11.5 Å². The first-order chi connectivity index (χ1) is 20.5. The van der Waals surface area contributed by atoms with E-state index < -0.39 is 28.5 Å². The molecule has 10 heteroatoms. The number of sulfonamides is 1. The zero-order chi connectivity index (χ0) is 31.1. The van der Waals surface area contributed by atoms with Gasteiger partial charge in [0.1, 0.15) is 12.6 Å². The molecular formula is C33H41N3O6S. The lowest BCUT2D eigenvalue weighted by Crippen LogP contribution is -2.52. The fourth-order valence-electron chi connectivity index (χ4n) is 5.21. The molecule has 1 atom stereocenters. The first kappa shape index (κ1) is 31.9. The highest BCUT2D eigenvalue weighted by molar-refractivity contribution is 7.92. The summed E-state index contributed by atoms with van der Waals surface area (Å²) in [6, 6.07) is 18.2. The van der Waals surface area contributed by atoms with Gasteiger partial charge in [-0.15, -0.1) is 0 Å². The molecule has 2 amide bonds. The maximum atomic E-state index is 14.2. The molecule has 9 nitrogen and oxygen atoms in total. The SMILES string of the molecule is COc1ccc(S(=O)(=O)N(CC(=O)N(Cc2ccc(C)cc2)C(C)C(=O)NC2CCCC2)c2ccc(C)cc2)cc1OC. The van der Waals surface area contributed by atoms with Gasteiger partial charge in [0.05, 0.1) is 24.8 Å². The van der Waals surface area contributed by atoms with Crippen LogP contribution in [0.15, 0.2) is 71.6 Å². The van der Waals surface area contributed by atoms with Crippen molar-refractivity contribution in [1.29, 1.82) is 0 Å². The Morgan fingerprint density at radius 2 is 1.47 bits per heavy atom. The van der Waals surface area contributed by atoms with Crippen LogP contribution >= 0.6 is 0 Å². The molecule has 0 saturated heterocycles.